The predicted molar refractivity (Wildman–Crippen MR) is 109 cm³/mol. The van der Waals surface area contributed by atoms with Crippen LogP contribution < -0.4 is 10.1 Å². The van der Waals surface area contributed by atoms with E-state index in [0.29, 0.717) is 23.5 Å². The molecule has 0 radical (unpaired) electrons. The summed E-state index contributed by atoms with van der Waals surface area (Å²) in [5.74, 6) is -0.267. The molecule has 0 aliphatic carbocycles. The first-order valence-electron chi connectivity index (χ1n) is 9.47. The highest BCUT2D eigenvalue weighted by Gasteiger charge is 2.38. The highest BCUT2D eigenvalue weighted by Crippen LogP contribution is 2.37. The number of nitrogens with zero attached hydrogens (tertiary/aromatic N) is 4. The van der Waals surface area contributed by atoms with Gasteiger partial charge >= 0.3 is 5.97 Å². The van der Waals surface area contributed by atoms with Crippen molar-refractivity contribution in [2.24, 2.45) is 0 Å². The van der Waals surface area contributed by atoms with Crippen LogP contribution in [0.5, 0.6) is 11.5 Å². The highest BCUT2D eigenvalue weighted by molar-refractivity contribution is 6.14. The van der Waals surface area contributed by atoms with Gasteiger partial charge in [-0.15, -0.1) is 0 Å². The summed E-state index contributed by atoms with van der Waals surface area (Å²) in [5.41, 5.74) is 1.01. The Morgan fingerprint density at radius 2 is 1.84 bits per heavy atom. The lowest BCUT2D eigenvalue weighted by atomic mass is 9.89. The van der Waals surface area contributed by atoms with Crippen LogP contribution in [0.25, 0.3) is 0 Å². The van der Waals surface area contributed by atoms with Gasteiger partial charge in [0.2, 0.25) is 5.95 Å². The molecule has 3 aromatic rings. The van der Waals surface area contributed by atoms with Crippen molar-refractivity contribution in [3.05, 3.63) is 70.9 Å². The van der Waals surface area contributed by atoms with E-state index in [1.54, 1.807) is 36.4 Å². The number of phenols is 1. The summed E-state index contributed by atoms with van der Waals surface area (Å²) < 4.78 is 11.7. The molecule has 2 heterocycles. The standard InChI is InChI=1S/C21H19N5O5/c1-3-31-15-10-6-13(7-11-15)19(28)16-17(20(29)30-2)22-21-23-24-25-26(21)18(16)12-4-8-14(27)9-5-12/h4-11,18,27H,3H2,1-2H3,(H,22,23,25)/t18-/m1/s1. The van der Waals surface area contributed by atoms with Crippen molar-refractivity contribution >= 4 is 17.7 Å². The van der Waals surface area contributed by atoms with Crippen molar-refractivity contribution in [2.45, 2.75) is 13.0 Å². The number of tetrazole rings is 1. The zero-order chi connectivity index (χ0) is 22.0. The summed E-state index contributed by atoms with van der Waals surface area (Å²) in [6.45, 7) is 2.37. The second-order valence-corrected chi connectivity index (χ2v) is 6.63. The second kappa shape index (κ2) is 8.27. The van der Waals surface area contributed by atoms with Crippen LogP contribution in [0.4, 0.5) is 5.95 Å². The molecular weight excluding hydrogens is 402 g/mol. The molecule has 158 valence electrons. The van der Waals surface area contributed by atoms with Crippen LogP contribution in [0.15, 0.2) is 59.8 Å². The van der Waals surface area contributed by atoms with E-state index in [1.807, 2.05) is 6.92 Å². The van der Waals surface area contributed by atoms with E-state index in [-0.39, 0.29) is 23.0 Å². The first kappa shape index (κ1) is 20.1. The number of esters is 1. The lowest BCUT2D eigenvalue weighted by Gasteiger charge is -2.28. The van der Waals surface area contributed by atoms with Gasteiger partial charge in [0.05, 0.1) is 19.3 Å². The Labute approximate surface area is 177 Å². The molecule has 10 nitrogen and oxygen atoms in total. The molecule has 0 saturated carbocycles. The number of hydrogen-bond donors (Lipinski definition) is 2. The first-order valence-corrected chi connectivity index (χ1v) is 9.47. The third-order valence-corrected chi connectivity index (χ3v) is 4.79. The van der Waals surface area contributed by atoms with E-state index in [2.05, 4.69) is 20.8 Å². The van der Waals surface area contributed by atoms with E-state index in [1.165, 1.54) is 23.9 Å². The summed E-state index contributed by atoms with van der Waals surface area (Å²) in [7, 11) is 1.23. The van der Waals surface area contributed by atoms with Crippen molar-refractivity contribution < 1.29 is 24.2 Å². The molecule has 10 heteroatoms. The fourth-order valence-electron chi connectivity index (χ4n) is 3.38. The van der Waals surface area contributed by atoms with E-state index >= 15 is 0 Å². The molecular formula is C21H19N5O5. The number of allylic oxidation sites excluding steroid dienone is 1. The normalized spacial score (nSPS) is 15.1. The van der Waals surface area contributed by atoms with Crippen LogP contribution >= 0.6 is 0 Å². The lowest BCUT2D eigenvalue weighted by molar-refractivity contribution is -0.136. The Morgan fingerprint density at radius 1 is 1.13 bits per heavy atom. The molecule has 2 aromatic carbocycles. The summed E-state index contributed by atoms with van der Waals surface area (Å²) in [6, 6.07) is 12.0. The Balaban J connectivity index is 1.87. The molecule has 31 heavy (non-hydrogen) atoms. The highest BCUT2D eigenvalue weighted by atomic mass is 16.5. The molecule has 0 amide bonds. The number of ketones is 1. The summed E-state index contributed by atoms with van der Waals surface area (Å²) in [5, 5.41) is 24.0. The third kappa shape index (κ3) is 3.70. The minimum Gasteiger partial charge on any atom is -0.508 e. The number of methoxy groups -OCH3 is 1. The number of phenolic OH excluding ortho intramolecular Hbond substituents is 1. The van der Waals surface area contributed by atoms with Crippen LogP contribution in [-0.4, -0.2) is 50.8 Å². The number of fused-ring (bicyclic) bond motifs is 1. The Hall–Kier alpha value is -4.21. The maximum absolute atomic E-state index is 13.6. The zero-order valence-electron chi connectivity index (χ0n) is 16.8. The maximum atomic E-state index is 13.6. The summed E-state index contributed by atoms with van der Waals surface area (Å²) >= 11 is 0. The van der Waals surface area contributed by atoms with Gasteiger partial charge in [-0.3, -0.25) is 4.79 Å². The number of rotatable bonds is 6. The summed E-state index contributed by atoms with van der Waals surface area (Å²) in [4.78, 5) is 26.2. The topological polar surface area (TPSA) is 128 Å². The monoisotopic (exact) mass is 421 g/mol. The molecule has 0 unspecified atom stereocenters. The Morgan fingerprint density at radius 3 is 2.48 bits per heavy atom. The lowest BCUT2D eigenvalue weighted by Crippen LogP contribution is -2.32. The number of ether oxygens (including phenoxy) is 2. The Bertz CT molecular complexity index is 1150. The fraction of sp³-hybridized carbons (Fsp3) is 0.190. The van der Waals surface area contributed by atoms with Crippen LogP contribution in [0, 0.1) is 0 Å². The molecule has 1 aliphatic rings. The van der Waals surface area contributed by atoms with Crippen molar-refractivity contribution in [1.82, 2.24) is 20.2 Å². The van der Waals surface area contributed by atoms with Gasteiger partial charge in [0.15, 0.2) is 5.78 Å². The van der Waals surface area contributed by atoms with E-state index in [9.17, 15) is 14.7 Å². The van der Waals surface area contributed by atoms with Crippen LogP contribution in [0.2, 0.25) is 0 Å². The first-order chi connectivity index (χ1) is 15.0. The SMILES string of the molecule is CCOc1ccc(C(=O)C2=C(C(=O)OC)Nc3nnnn3[C@@H]2c2ccc(O)cc2)cc1. The molecule has 2 N–H and O–H groups in total. The van der Waals surface area contributed by atoms with Crippen LogP contribution in [0.3, 0.4) is 0 Å². The number of carbonyl (C=O) groups excluding carboxylic acids is 2. The fourth-order valence-corrected chi connectivity index (χ4v) is 3.38. The number of carbonyl (C=O) groups is 2. The zero-order valence-corrected chi connectivity index (χ0v) is 16.8. The van der Waals surface area contributed by atoms with Crippen molar-refractivity contribution in [1.29, 1.82) is 0 Å². The van der Waals surface area contributed by atoms with Gasteiger partial charge in [-0.1, -0.05) is 17.2 Å². The van der Waals surface area contributed by atoms with Gasteiger partial charge in [0.1, 0.15) is 23.2 Å². The number of anilines is 1. The number of Topliss-reactive ketones (excluding diaryl/α,β-unsaturated/α-hetero) is 1. The van der Waals surface area contributed by atoms with Gasteiger partial charge in [0.25, 0.3) is 0 Å². The Kier molecular flexibility index (Phi) is 5.35. The van der Waals surface area contributed by atoms with Gasteiger partial charge in [-0.25, -0.2) is 4.79 Å². The molecule has 1 aromatic heterocycles. The average Bonchev–Trinajstić information content (AvgIpc) is 3.26. The van der Waals surface area contributed by atoms with Gasteiger partial charge in [-0.05, 0) is 59.3 Å². The minimum absolute atomic E-state index is 0.0539. The largest absolute Gasteiger partial charge is 0.508 e. The smallest absolute Gasteiger partial charge is 0.355 e. The maximum Gasteiger partial charge on any atom is 0.355 e. The van der Waals surface area contributed by atoms with E-state index in [0.717, 1.165) is 0 Å². The number of aromatic hydroxyl groups is 1. The van der Waals surface area contributed by atoms with Crippen LogP contribution in [0.1, 0.15) is 28.9 Å². The summed E-state index contributed by atoms with van der Waals surface area (Å²) in [6.07, 6.45) is 0. The molecule has 0 spiro atoms. The minimum atomic E-state index is -0.819. The third-order valence-electron chi connectivity index (χ3n) is 4.79. The van der Waals surface area contributed by atoms with Crippen molar-refractivity contribution in [3.8, 4) is 11.5 Å². The molecule has 1 aliphatic heterocycles. The van der Waals surface area contributed by atoms with Crippen molar-refractivity contribution in [2.75, 3.05) is 19.0 Å². The molecule has 1 atom stereocenters. The quantitative estimate of drug-likeness (QED) is 0.454. The number of benzene rings is 2. The number of aromatic nitrogens is 4. The number of nitrogens with one attached hydrogen (secondary N) is 1. The van der Waals surface area contributed by atoms with Gasteiger partial charge in [-0.2, -0.15) is 4.68 Å². The number of hydrogen-bond acceptors (Lipinski definition) is 9. The molecule has 0 bridgehead atoms. The van der Waals surface area contributed by atoms with Crippen molar-refractivity contribution in [3.63, 3.8) is 0 Å². The van der Waals surface area contributed by atoms with Crippen LogP contribution in [-0.2, 0) is 9.53 Å². The predicted octanol–water partition coefficient (Wildman–Crippen LogP) is 2.10. The average molecular weight is 421 g/mol. The van der Waals surface area contributed by atoms with Gasteiger partial charge < -0.3 is 19.9 Å². The molecule has 0 saturated heterocycles. The van der Waals surface area contributed by atoms with E-state index < -0.39 is 17.8 Å². The molecule has 0 fully saturated rings. The van der Waals surface area contributed by atoms with E-state index in [4.69, 9.17) is 9.47 Å². The molecule has 4 rings (SSSR count). The second-order valence-electron chi connectivity index (χ2n) is 6.63. The van der Waals surface area contributed by atoms with Gasteiger partial charge in [0, 0.05) is 5.56 Å².